The number of rotatable bonds is 8. The summed E-state index contributed by atoms with van der Waals surface area (Å²) in [5.74, 6) is 1.60. The number of aliphatic imine (C=N–C) groups is 1. The molecule has 1 aromatic rings. The number of ether oxygens (including phenoxy) is 1. The van der Waals surface area contributed by atoms with Crippen molar-refractivity contribution in [1.29, 1.82) is 0 Å². The van der Waals surface area contributed by atoms with Gasteiger partial charge in [-0.2, -0.15) is 0 Å². The molecule has 0 aliphatic rings. The van der Waals surface area contributed by atoms with Crippen molar-refractivity contribution < 1.29 is 4.74 Å². The highest BCUT2D eigenvalue weighted by Gasteiger charge is 2.05. The minimum Gasteiger partial charge on any atom is -0.475 e. The number of halogens is 1. The predicted octanol–water partition coefficient (Wildman–Crippen LogP) is 3.68. The molecule has 0 aliphatic carbocycles. The van der Waals surface area contributed by atoms with Crippen molar-refractivity contribution in [3.63, 3.8) is 0 Å². The fourth-order valence-electron chi connectivity index (χ4n) is 1.95. The van der Waals surface area contributed by atoms with Gasteiger partial charge in [0.2, 0.25) is 5.88 Å². The number of aromatic nitrogens is 1. The minimum atomic E-state index is 0. The molecule has 0 spiro atoms. The molecule has 0 radical (unpaired) electrons. The molecule has 132 valence electrons. The number of unbranched alkanes of at least 4 members (excludes halogenated alkanes) is 1. The van der Waals surface area contributed by atoms with Crippen LogP contribution in [0, 0.1) is 0 Å². The molecule has 0 saturated heterocycles. The summed E-state index contributed by atoms with van der Waals surface area (Å²) in [5.41, 5.74) is 1.08. The molecular formula is C17H31IN4O. The molecule has 0 bridgehead atoms. The summed E-state index contributed by atoms with van der Waals surface area (Å²) in [6.45, 7) is 10.8. The molecule has 1 heterocycles. The molecule has 0 amide bonds. The molecule has 1 rings (SSSR count). The summed E-state index contributed by atoms with van der Waals surface area (Å²) in [6, 6.07) is 3.92. The van der Waals surface area contributed by atoms with E-state index in [4.69, 9.17) is 4.74 Å². The van der Waals surface area contributed by atoms with Gasteiger partial charge in [-0.25, -0.2) is 9.98 Å². The Hall–Kier alpha value is -1.05. The van der Waals surface area contributed by atoms with E-state index >= 15 is 0 Å². The average molecular weight is 434 g/mol. The summed E-state index contributed by atoms with van der Waals surface area (Å²) in [7, 11) is 2.08. The van der Waals surface area contributed by atoms with Crippen molar-refractivity contribution >= 4 is 29.9 Å². The van der Waals surface area contributed by atoms with E-state index in [2.05, 4.69) is 41.1 Å². The van der Waals surface area contributed by atoms with Crippen molar-refractivity contribution in [2.75, 3.05) is 20.1 Å². The van der Waals surface area contributed by atoms with Crippen LogP contribution >= 0.6 is 24.0 Å². The van der Waals surface area contributed by atoms with Crippen LogP contribution in [0.1, 0.15) is 46.1 Å². The second kappa shape index (κ2) is 12.4. The number of hydrogen-bond acceptors (Lipinski definition) is 3. The topological polar surface area (TPSA) is 49.8 Å². The Morgan fingerprint density at radius 2 is 2.09 bits per heavy atom. The largest absolute Gasteiger partial charge is 0.475 e. The third kappa shape index (κ3) is 8.98. The first-order valence-electron chi connectivity index (χ1n) is 8.17. The van der Waals surface area contributed by atoms with E-state index in [1.165, 1.54) is 12.8 Å². The standard InChI is InChI=1S/C17H30N4O.HI/c1-6-8-11-21(5)17(18-7-2)20-13-15-9-10-16(19-12-15)22-14(3)4;/h9-10,12,14H,6-8,11,13H2,1-5H3,(H,18,20);1H. The molecule has 0 aromatic carbocycles. The van der Waals surface area contributed by atoms with Gasteiger partial charge in [0.1, 0.15) is 0 Å². The van der Waals surface area contributed by atoms with Crippen LogP contribution in [0.5, 0.6) is 5.88 Å². The summed E-state index contributed by atoms with van der Waals surface area (Å²) >= 11 is 0. The van der Waals surface area contributed by atoms with Gasteiger partial charge < -0.3 is 15.0 Å². The summed E-state index contributed by atoms with van der Waals surface area (Å²) in [4.78, 5) is 11.2. The average Bonchev–Trinajstić information content (AvgIpc) is 2.50. The predicted molar refractivity (Wildman–Crippen MR) is 108 cm³/mol. The first-order valence-corrected chi connectivity index (χ1v) is 8.17. The van der Waals surface area contributed by atoms with E-state index in [1.807, 2.05) is 32.2 Å². The SMILES string of the molecule is CCCCN(C)C(=NCc1ccc(OC(C)C)nc1)NCC.I. The van der Waals surface area contributed by atoms with E-state index in [1.54, 1.807) is 0 Å². The number of nitrogens with one attached hydrogen (secondary N) is 1. The Kier molecular flexibility index (Phi) is 11.8. The van der Waals surface area contributed by atoms with Crippen LogP contribution < -0.4 is 10.1 Å². The van der Waals surface area contributed by atoms with Crippen molar-refractivity contribution in [3.05, 3.63) is 23.9 Å². The lowest BCUT2D eigenvalue weighted by atomic mass is 10.3. The Morgan fingerprint density at radius 3 is 2.61 bits per heavy atom. The van der Waals surface area contributed by atoms with E-state index < -0.39 is 0 Å². The molecule has 0 unspecified atom stereocenters. The van der Waals surface area contributed by atoms with Gasteiger partial charge in [0.15, 0.2) is 5.96 Å². The van der Waals surface area contributed by atoms with E-state index in [9.17, 15) is 0 Å². The highest BCUT2D eigenvalue weighted by molar-refractivity contribution is 14.0. The van der Waals surface area contributed by atoms with Gasteiger partial charge in [0.25, 0.3) is 0 Å². The van der Waals surface area contributed by atoms with Gasteiger partial charge in [0, 0.05) is 32.4 Å². The van der Waals surface area contributed by atoms with Crippen LogP contribution in [0.4, 0.5) is 0 Å². The summed E-state index contributed by atoms with van der Waals surface area (Å²) in [6.07, 6.45) is 4.33. The number of hydrogen-bond donors (Lipinski definition) is 1. The summed E-state index contributed by atoms with van der Waals surface area (Å²) < 4.78 is 5.55. The lowest BCUT2D eigenvalue weighted by molar-refractivity contribution is 0.232. The monoisotopic (exact) mass is 434 g/mol. The van der Waals surface area contributed by atoms with Gasteiger partial charge >= 0.3 is 0 Å². The Bertz CT molecular complexity index is 448. The highest BCUT2D eigenvalue weighted by Crippen LogP contribution is 2.10. The molecule has 0 fully saturated rings. The van der Waals surface area contributed by atoms with Gasteiger partial charge in [-0.15, -0.1) is 24.0 Å². The number of pyridine rings is 1. The van der Waals surface area contributed by atoms with Crippen LogP contribution in [-0.4, -0.2) is 42.1 Å². The van der Waals surface area contributed by atoms with Gasteiger partial charge in [-0.3, -0.25) is 0 Å². The quantitative estimate of drug-likeness (QED) is 0.385. The number of guanidine groups is 1. The van der Waals surface area contributed by atoms with Crippen LogP contribution in [0.3, 0.4) is 0 Å². The second-order valence-electron chi connectivity index (χ2n) is 5.62. The normalized spacial score (nSPS) is 11.1. The fourth-order valence-corrected chi connectivity index (χ4v) is 1.95. The van der Waals surface area contributed by atoms with Gasteiger partial charge in [-0.1, -0.05) is 19.4 Å². The van der Waals surface area contributed by atoms with E-state index in [-0.39, 0.29) is 30.1 Å². The molecule has 23 heavy (non-hydrogen) atoms. The minimum absolute atomic E-state index is 0. The van der Waals surface area contributed by atoms with Crippen LogP contribution in [-0.2, 0) is 6.54 Å². The van der Waals surface area contributed by atoms with Crippen molar-refractivity contribution in [2.45, 2.75) is 53.2 Å². The zero-order chi connectivity index (χ0) is 16.4. The van der Waals surface area contributed by atoms with Crippen LogP contribution in [0.25, 0.3) is 0 Å². The van der Waals surface area contributed by atoms with E-state index in [0.29, 0.717) is 12.4 Å². The maximum Gasteiger partial charge on any atom is 0.213 e. The lowest BCUT2D eigenvalue weighted by Crippen LogP contribution is -2.39. The molecule has 1 aromatic heterocycles. The first-order chi connectivity index (χ1) is 10.6. The van der Waals surface area contributed by atoms with Gasteiger partial charge in [0.05, 0.1) is 12.6 Å². The Balaban J connectivity index is 0.00000484. The van der Waals surface area contributed by atoms with Crippen molar-refractivity contribution in [1.82, 2.24) is 15.2 Å². The smallest absolute Gasteiger partial charge is 0.213 e. The molecular weight excluding hydrogens is 403 g/mol. The maximum atomic E-state index is 5.55. The van der Waals surface area contributed by atoms with Gasteiger partial charge in [-0.05, 0) is 32.8 Å². The second-order valence-corrected chi connectivity index (χ2v) is 5.62. The van der Waals surface area contributed by atoms with Crippen LogP contribution in [0.15, 0.2) is 23.3 Å². The lowest BCUT2D eigenvalue weighted by Gasteiger charge is -2.21. The summed E-state index contributed by atoms with van der Waals surface area (Å²) in [5, 5.41) is 3.33. The number of nitrogens with zero attached hydrogens (tertiary/aromatic N) is 3. The van der Waals surface area contributed by atoms with Crippen LogP contribution in [0.2, 0.25) is 0 Å². The zero-order valence-corrected chi connectivity index (χ0v) is 17.3. The van der Waals surface area contributed by atoms with Crippen molar-refractivity contribution in [3.8, 4) is 5.88 Å². The Labute approximate surface area is 157 Å². The van der Waals surface area contributed by atoms with Crippen molar-refractivity contribution in [2.24, 2.45) is 4.99 Å². The molecule has 0 atom stereocenters. The third-order valence-electron chi connectivity index (χ3n) is 3.11. The molecule has 0 saturated carbocycles. The van der Waals surface area contributed by atoms with E-state index in [0.717, 1.165) is 24.6 Å². The molecule has 1 N–H and O–H groups in total. The Morgan fingerprint density at radius 1 is 1.35 bits per heavy atom. The zero-order valence-electron chi connectivity index (χ0n) is 15.0. The molecule has 6 heteroatoms. The third-order valence-corrected chi connectivity index (χ3v) is 3.11. The molecule has 5 nitrogen and oxygen atoms in total. The molecule has 0 aliphatic heterocycles. The first kappa shape index (κ1) is 21.9. The highest BCUT2D eigenvalue weighted by atomic mass is 127. The maximum absolute atomic E-state index is 5.55. The fraction of sp³-hybridized carbons (Fsp3) is 0.647.